The lowest BCUT2D eigenvalue weighted by Crippen LogP contribution is -2.32. The molecule has 29 heavy (non-hydrogen) atoms. The number of hydrazone groups is 1. The van der Waals surface area contributed by atoms with Crippen molar-refractivity contribution in [3.63, 3.8) is 0 Å². The summed E-state index contributed by atoms with van der Waals surface area (Å²) in [5.74, 6) is -1.07. The highest BCUT2D eigenvalue weighted by Crippen LogP contribution is 2.44. The van der Waals surface area contributed by atoms with Crippen LogP contribution in [0.25, 0.3) is 6.08 Å². The van der Waals surface area contributed by atoms with Crippen molar-refractivity contribution in [1.29, 1.82) is 0 Å². The van der Waals surface area contributed by atoms with Crippen molar-refractivity contribution in [2.75, 3.05) is 0 Å². The van der Waals surface area contributed by atoms with Gasteiger partial charge in [0.1, 0.15) is 0 Å². The zero-order valence-corrected chi connectivity index (χ0v) is 16.2. The van der Waals surface area contributed by atoms with E-state index in [-0.39, 0.29) is 30.7 Å². The fourth-order valence-electron chi connectivity index (χ4n) is 4.27. The van der Waals surface area contributed by atoms with Gasteiger partial charge in [-0.1, -0.05) is 60.7 Å². The van der Waals surface area contributed by atoms with Crippen molar-refractivity contribution < 1.29 is 14.7 Å². The first-order valence-corrected chi connectivity index (χ1v) is 10.1. The second kappa shape index (κ2) is 8.43. The molecule has 1 fully saturated rings. The van der Waals surface area contributed by atoms with Crippen molar-refractivity contribution in [2.45, 2.75) is 38.1 Å². The van der Waals surface area contributed by atoms with Crippen LogP contribution >= 0.6 is 0 Å². The van der Waals surface area contributed by atoms with Gasteiger partial charge in [-0.15, -0.1) is 0 Å². The Balaban J connectivity index is 1.70. The minimum atomic E-state index is -0.969. The van der Waals surface area contributed by atoms with Crippen LogP contribution in [0.15, 0.2) is 71.3 Å². The monoisotopic (exact) mass is 388 g/mol. The molecule has 2 unspecified atom stereocenters. The molecule has 2 atom stereocenters. The van der Waals surface area contributed by atoms with E-state index >= 15 is 0 Å². The van der Waals surface area contributed by atoms with Crippen LogP contribution in [0.5, 0.6) is 0 Å². The lowest BCUT2D eigenvalue weighted by Gasteiger charge is -2.29. The number of amides is 1. The molecule has 1 heterocycles. The van der Waals surface area contributed by atoms with E-state index < -0.39 is 5.97 Å². The summed E-state index contributed by atoms with van der Waals surface area (Å²) in [6, 6.07) is 19.9. The number of carboxylic acid groups (broad SMARTS) is 1. The number of carbonyl (C=O) groups excluding carboxylic acids is 1. The van der Waals surface area contributed by atoms with Gasteiger partial charge in [-0.25, -0.2) is 5.01 Å². The minimum absolute atomic E-state index is 0.0418. The van der Waals surface area contributed by atoms with E-state index in [0.717, 1.165) is 36.1 Å². The molecule has 0 radical (unpaired) electrons. The molecule has 5 heteroatoms. The first kappa shape index (κ1) is 19.1. The van der Waals surface area contributed by atoms with E-state index in [2.05, 4.69) is 18.2 Å². The largest absolute Gasteiger partial charge is 0.481 e. The Labute approximate surface area is 170 Å². The number of carbonyl (C=O) groups is 2. The first-order valence-electron chi connectivity index (χ1n) is 10.1. The number of benzene rings is 2. The molecule has 148 valence electrons. The summed E-state index contributed by atoms with van der Waals surface area (Å²) in [6.45, 7) is 0. The van der Waals surface area contributed by atoms with Crippen molar-refractivity contribution in [1.82, 2.24) is 5.01 Å². The predicted octanol–water partition coefficient (Wildman–Crippen LogP) is 4.67. The number of nitrogens with zero attached hydrogens (tertiary/aromatic N) is 2. The molecule has 1 N–H and O–H groups in total. The maximum absolute atomic E-state index is 12.9. The first-order chi connectivity index (χ1) is 14.1. The zero-order chi connectivity index (χ0) is 20.2. The Morgan fingerprint density at radius 2 is 1.72 bits per heavy atom. The maximum Gasteiger partial charge on any atom is 0.303 e. The molecule has 0 saturated heterocycles. The van der Waals surface area contributed by atoms with Crippen molar-refractivity contribution in [2.24, 2.45) is 11.0 Å². The summed E-state index contributed by atoms with van der Waals surface area (Å²) < 4.78 is 0. The molecule has 5 nitrogen and oxygen atoms in total. The summed E-state index contributed by atoms with van der Waals surface area (Å²) in [5, 5.41) is 15.3. The topological polar surface area (TPSA) is 70.0 Å². The third kappa shape index (κ3) is 4.14. The molecule has 4 rings (SSSR count). The number of hydrogen-bond donors (Lipinski definition) is 1. The highest BCUT2D eigenvalue weighted by Gasteiger charge is 2.43. The second-order valence-corrected chi connectivity index (χ2v) is 7.55. The van der Waals surface area contributed by atoms with Gasteiger partial charge < -0.3 is 5.11 Å². The number of hydrogen-bond acceptors (Lipinski definition) is 3. The molecule has 1 aliphatic carbocycles. The molecule has 2 aliphatic rings. The molecular formula is C24H24N2O3. The molecule has 0 aromatic heterocycles. The van der Waals surface area contributed by atoms with E-state index in [0.29, 0.717) is 0 Å². The van der Waals surface area contributed by atoms with Crippen LogP contribution in [0.1, 0.15) is 49.3 Å². The van der Waals surface area contributed by atoms with Gasteiger partial charge in [0.15, 0.2) is 0 Å². The van der Waals surface area contributed by atoms with Crippen LogP contribution in [0, 0.1) is 5.92 Å². The van der Waals surface area contributed by atoms with Crippen molar-refractivity contribution >= 4 is 23.7 Å². The van der Waals surface area contributed by atoms with E-state index in [1.165, 1.54) is 5.57 Å². The van der Waals surface area contributed by atoms with Crippen molar-refractivity contribution in [3.05, 3.63) is 77.4 Å². The number of allylic oxidation sites excluding steroid dienone is 1. The Morgan fingerprint density at radius 1 is 1.03 bits per heavy atom. The lowest BCUT2D eigenvalue weighted by atomic mass is 9.77. The van der Waals surface area contributed by atoms with Gasteiger partial charge >= 0.3 is 5.97 Å². The highest BCUT2D eigenvalue weighted by atomic mass is 16.4. The van der Waals surface area contributed by atoms with Gasteiger partial charge in [-0.3, -0.25) is 9.59 Å². The minimum Gasteiger partial charge on any atom is -0.481 e. The Kier molecular flexibility index (Phi) is 5.56. The van der Waals surface area contributed by atoms with E-state index in [1.807, 2.05) is 48.5 Å². The molecular weight excluding hydrogens is 364 g/mol. The zero-order valence-electron chi connectivity index (χ0n) is 16.2. The third-order valence-corrected chi connectivity index (χ3v) is 5.59. The Bertz CT molecular complexity index is 951. The summed E-state index contributed by atoms with van der Waals surface area (Å²) >= 11 is 0. The van der Waals surface area contributed by atoms with Gasteiger partial charge in [0, 0.05) is 12.3 Å². The van der Waals surface area contributed by atoms with Gasteiger partial charge in [0.05, 0.1) is 18.2 Å². The normalized spacial score (nSPS) is 22.3. The molecule has 1 saturated carbocycles. The molecule has 1 aliphatic heterocycles. The quantitative estimate of drug-likeness (QED) is 0.809. The molecule has 1 amide bonds. The summed E-state index contributed by atoms with van der Waals surface area (Å²) in [6.07, 6.45) is 4.89. The van der Waals surface area contributed by atoms with Crippen LogP contribution in [-0.4, -0.2) is 27.7 Å². The molecule has 2 aromatic carbocycles. The molecule has 2 aromatic rings. The van der Waals surface area contributed by atoms with Gasteiger partial charge in [-0.05, 0) is 42.0 Å². The third-order valence-electron chi connectivity index (χ3n) is 5.59. The molecule has 0 spiro atoms. The number of carboxylic acids is 1. The smallest absolute Gasteiger partial charge is 0.303 e. The van der Waals surface area contributed by atoms with Crippen LogP contribution in [0.3, 0.4) is 0 Å². The van der Waals surface area contributed by atoms with Crippen LogP contribution in [-0.2, 0) is 9.59 Å². The van der Waals surface area contributed by atoms with Gasteiger partial charge in [0.2, 0.25) is 5.91 Å². The van der Waals surface area contributed by atoms with Crippen LogP contribution < -0.4 is 0 Å². The van der Waals surface area contributed by atoms with Gasteiger partial charge in [-0.2, -0.15) is 5.10 Å². The predicted molar refractivity (Wildman–Crippen MR) is 112 cm³/mol. The second-order valence-electron chi connectivity index (χ2n) is 7.55. The highest BCUT2D eigenvalue weighted by molar-refractivity contribution is 6.08. The fourth-order valence-corrected chi connectivity index (χ4v) is 4.27. The summed E-state index contributed by atoms with van der Waals surface area (Å²) in [5.41, 5.74) is 4.30. The van der Waals surface area contributed by atoms with E-state index in [9.17, 15) is 9.59 Å². The molecule has 0 bridgehead atoms. The standard InChI is InChI=1S/C24H24N2O3/c27-21(14-15-22(28)29)26-24(18-10-5-2-6-11-18)20-13-7-12-19(23(20)25-26)16-17-8-3-1-4-9-17/h1-6,8-11,16,20,24H,7,12-15H2,(H,28,29)/b19-16+. The SMILES string of the molecule is O=C(O)CCC(=O)N1N=C2/C(=C/c3ccccc3)CCCC2C1c1ccccc1. The fraction of sp³-hybridized carbons (Fsp3) is 0.292. The van der Waals surface area contributed by atoms with Crippen LogP contribution in [0.4, 0.5) is 0 Å². The van der Waals surface area contributed by atoms with Gasteiger partial charge in [0.25, 0.3) is 0 Å². The number of fused-ring (bicyclic) bond motifs is 1. The summed E-state index contributed by atoms with van der Waals surface area (Å²) in [7, 11) is 0. The number of aliphatic carboxylic acids is 1. The average molecular weight is 388 g/mol. The van der Waals surface area contributed by atoms with E-state index in [1.54, 1.807) is 5.01 Å². The Morgan fingerprint density at radius 3 is 2.41 bits per heavy atom. The maximum atomic E-state index is 12.9. The average Bonchev–Trinajstić information content (AvgIpc) is 3.14. The van der Waals surface area contributed by atoms with Crippen LogP contribution in [0.2, 0.25) is 0 Å². The van der Waals surface area contributed by atoms with Crippen molar-refractivity contribution in [3.8, 4) is 0 Å². The number of rotatable bonds is 5. The summed E-state index contributed by atoms with van der Waals surface area (Å²) in [4.78, 5) is 23.8. The van der Waals surface area contributed by atoms with E-state index in [4.69, 9.17) is 10.2 Å². The lowest BCUT2D eigenvalue weighted by molar-refractivity contribution is -0.141. The Hall–Kier alpha value is -3.21.